The van der Waals surface area contributed by atoms with Crippen LogP contribution in [0.1, 0.15) is 12.0 Å². The van der Waals surface area contributed by atoms with Crippen LogP contribution < -0.4 is 16.6 Å². The molecule has 0 spiro atoms. The Balaban J connectivity index is 2.34. The second kappa shape index (κ2) is 8.55. The molecule has 17 heavy (non-hydrogen) atoms. The van der Waals surface area contributed by atoms with E-state index in [1.165, 1.54) is 0 Å². The van der Waals surface area contributed by atoms with Gasteiger partial charge in [-0.1, -0.05) is 30.3 Å². The highest BCUT2D eigenvalue weighted by molar-refractivity contribution is 5.79. The predicted molar refractivity (Wildman–Crippen MR) is 69.4 cm³/mol. The minimum atomic E-state index is 0.602. The molecule has 0 aromatic heterocycles. The minimum absolute atomic E-state index is 0.602. The second-order valence-corrected chi connectivity index (χ2v) is 3.57. The largest absolute Gasteiger partial charge is 0.385 e. The number of aliphatic imine (C=N–C) groups is 1. The van der Waals surface area contributed by atoms with Gasteiger partial charge >= 0.3 is 0 Å². The summed E-state index contributed by atoms with van der Waals surface area (Å²) in [6.07, 6.45) is 0.919. The predicted octanol–water partition coefficient (Wildman–Crippen LogP) is 0.632. The van der Waals surface area contributed by atoms with E-state index in [1.54, 1.807) is 7.11 Å². The fourth-order valence-electron chi connectivity index (χ4n) is 1.33. The Bertz CT molecular complexity index is 327. The molecule has 0 atom stereocenters. The molecule has 0 radical (unpaired) electrons. The molecule has 0 amide bonds. The van der Waals surface area contributed by atoms with Gasteiger partial charge < -0.3 is 10.1 Å². The van der Waals surface area contributed by atoms with E-state index in [1.807, 2.05) is 30.3 Å². The maximum absolute atomic E-state index is 5.38. The Morgan fingerprint density at radius 1 is 1.35 bits per heavy atom. The number of nitrogens with two attached hydrogens (primary N) is 1. The van der Waals surface area contributed by atoms with Gasteiger partial charge in [-0.05, 0) is 12.0 Å². The average Bonchev–Trinajstić information content (AvgIpc) is 2.39. The van der Waals surface area contributed by atoms with Gasteiger partial charge in [0.1, 0.15) is 0 Å². The summed E-state index contributed by atoms with van der Waals surface area (Å²) in [5.74, 6) is 5.98. The van der Waals surface area contributed by atoms with Gasteiger partial charge in [-0.25, -0.2) is 10.8 Å². The third-order valence-electron chi connectivity index (χ3n) is 2.22. The molecule has 94 valence electrons. The topological polar surface area (TPSA) is 71.7 Å². The molecule has 0 unspecified atom stereocenters. The maximum atomic E-state index is 5.38. The van der Waals surface area contributed by atoms with Crippen LogP contribution in [0.25, 0.3) is 0 Å². The first-order valence-corrected chi connectivity index (χ1v) is 5.64. The molecule has 5 heteroatoms. The Kier molecular flexibility index (Phi) is 6.78. The van der Waals surface area contributed by atoms with Crippen molar-refractivity contribution in [3.05, 3.63) is 35.9 Å². The molecular weight excluding hydrogens is 216 g/mol. The van der Waals surface area contributed by atoms with Gasteiger partial charge in [0.2, 0.25) is 5.96 Å². The Morgan fingerprint density at radius 3 is 2.76 bits per heavy atom. The smallest absolute Gasteiger partial charge is 0.206 e. The van der Waals surface area contributed by atoms with E-state index < -0.39 is 0 Å². The van der Waals surface area contributed by atoms with Crippen molar-refractivity contribution in [2.24, 2.45) is 10.8 Å². The summed E-state index contributed by atoms with van der Waals surface area (Å²) < 4.78 is 4.96. The van der Waals surface area contributed by atoms with Crippen molar-refractivity contribution in [1.82, 2.24) is 10.7 Å². The fourth-order valence-corrected chi connectivity index (χ4v) is 1.33. The van der Waals surface area contributed by atoms with Crippen LogP contribution in [0.4, 0.5) is 0 Å². The van der Waals surface area contributed by atoms with E-state index >= 15 is 0 Å². The van der Waals surface area contributed by atoms with Crippen LogP contribution >= 0.6 is 0 Å². The van der Waals surface area contributed by atoms with Gasteiger partial charge in [0.15, 0.2) is 0 Å². The molecule has 0 fully saturated rings. The van der Waals surface area contributed by atoms with E-state index in [9.17, 15) is 0 Å². The highest BCUT2D eigenvalue weighted by Gasteiger charge is 1.95. The zero-order chi connectivity index (χ0) is 12.3. The molecule has 0 aliphatic rings. The molecule has 0 saturated carbocycles. The summed E-state index contributed by atoms with van der Waals surface area (Å²) in [6, 6.07) is 10.0. The molecule has 0 aliphatic carbocycles. The Morgan fingerprint density at radius 2 is 2.12 bits per heavy atom. The highest BCUT2D eigenvalue weighted by Crippen LogP contribution is 1.99. The van der Waals surface area contributed by atoms with Crippen molar-refractivity contribution >= 4 is 5.96 Å². The fraction of sp³-hybridized carbons (Fsp3) is 0.417. The molecule has 0 bridgehead atoms. The lowest BCUT2D eigenvalue weighted by Crippen LogP contribution is -2.42. The minimum Gasteiger partial charge on any atom is -0.385 e. The van der Waals surface area contributed by atoms with Gasteiger partial charge in [-0.2, -0.15) is 0 Å². The molecular formula is C12H20N4O. The van der Waals surface area contributed by atoms with Gasteiger partial charge in [0.05, 0.1) is 6.54 Å². The van der Waals surface area contributed by atoms with Crippen molar-refractivity contribution in [2.75, 3.05) is 20.3 Å². The summed E-state index contributed by atoms with van der Waals surface area (Å²) in [4.78, 5) is 4.34. The lowest BCUT2D eigenvalue weighted by Gasteiger charge is -2.08. The number of methoxy groups -OCH3 is 1. The molecule has 5 nitrogen and oxygen atoms in total. The van der Waals surface area contributed by atoms with E-state index in [-0.39, 0.29) is 0 Å². The Hall–Kier alpha value is -1.59. The quantitative estimate of drug-likeness (QED) is 0.223. The number of guanidine groups is 1. The standard InChI is InChI=1S/C12H20N4O/c1-17-9-5-8-14-12(16-13)15-10-11-6-3-2-4-7-11/h2-4,6-7H,5,8-10,13H2,1H3,(H2,14,15,16). The summed E-state index contributed by atoms with van der Waals surface area (Å²) >= 11 is 0. The normalized spacial score (nSPS) is 11.3. The lowest BCUT2D eigenvalue weighted by molar-refractivity contribution is 0.195. The molecule has 1 aromatic carbocycles. The molecule has 0 saturated heterocycles. The van der Waals surface area contributed by atoms with E-state index in [2.05, 4.69) is 15.7 Å². The van der Waals surface area contributed by atoms with Crippen LogP contribution in [0, 0.1) is 0 Å². The first-order valence-electron chi connectivity index (χ1n) is 5.64. The zero-order valence-electron chi connectivity index (χ0n) is 10.1. The first-order chi connectivity index (χ1) is 8.36. The number of nitrogens with one attached hydrogen (secondary N) is 2. The number of ether oxygens (including phenoxy) is 1. The lowest BCUT2D eigenvalue weighted by atomic mass is 10.2. The summed E-state index contributed by atoms with van der Waals surface area (Å²) in [7, 11) is 1.69. The van der Waals surface area contributed by atoms with E-state index in [0.717, 1.165) is 25.1 Å². The average molecular weight is 236 g/mol. The molecule has 0 heterocycles. The van der Waals surface area contributed by atoms with Crippen LogP contribution in [0.2, 0.25) is 0 Å². The van der Waals surface area contributed by atoms with Crippen molar-refractivity contribution in [3.8, 4) is 0 Å². The number of benzene rings is 1. The zero-order valence-corrected chi connectivity index (χ0v) is 10.1. The maximum Gasteiger partial charge on any atom is 0.206 e. The van der Waals surface area contributed by atoms with Gasteiger partial charge in [-0.15, -0.1) is 0 Å². The van der Waals surface area contributed by atoms with Crippen molar-refractivity contribution in [1.29, 1.82) is 0 Å². The summed E-state index contributed by atoms with van der Waals surface area (Å²) in [5, 5.41) is 3.11. The highest BCUT2D eigenvalue weighted by atomic mass is 16.5. The number of hydrogen-bond donors (Lipinski definition) is 3. The number of hydrazine groups is 1. The first kappa shape index (κ1) is 13.5. The van der Waals surface area contributed by atoms with Crippen LogP contribution in [0.15, 0.2) is 35.3 Å². The van der Waals surface area contributed by atoms with Gasteiger partial charge in [-0.3, -0.25) is 5.43 Å². The molecule has 4 N–H and O–H groups in total. The Labute approximate surface area is 102 Å². The second-order valence-electron chi connectivity index (χ2n) is 3.57. The molecule has 0 aliphatic heterocycles. The van der Waals surface area contributed by atoms with Crippen LogP contribution in [0.5, 0.6) is 0 Å². The number of hydrogen-bond acceptors (Lipinski definition) is 3. The number of rotatable bonds is 6. The molecule has 1 rings (SSSR count). The summed E-state index contributed by atoms with van der Waals surface area (Å²) in [6.45, 7) is 2.12. The van der Waals surface area contributed by atoms with E-state index in [0.29, 0.717) is 12.5 Å². The SMILES string of the molecule is COCCCNC(=NCc1ccccc1)NN. The summed E-state index contributed by atoms with van der Waals surface area (Å²) in [5.41, 5.74) is 3.70. The van der Waals surface area contributed by atoms with Crippen LogP contribution in [-0.4, -0.2) is 26.2 Å². The monoisotopic (exact) mass is 236 g/mol. The van der Waals surface area contributed by atoms with Gasteiger partial charge in [0.25, 0.3) is 0 Å². The van der Waals surface area contributed by atoms with Crippen molar-refractivity contribution in [2.45, 2.75) is 13.0 Å². The van der Waals surface area contributed by atoms with Crippen LogP contribution in [0.3, 0.4) is 0 Å². The molecule has 1 aromatic rings. The van der Waals surface area contributed by atoms with Gasteiger partial charge in [0, 0.05) is 20.3 Å². The third kappa shape index (κ3) is 5.89. The third-order valence-corrected chi connectivity index (χ3v) is 2.22. The number of nitrogens with zero attached hydrogens (tertiary/aromatic N) is 1. The van der Waals surface area contributed by atoms with E-state index in [4.69, 9.17) is 10.6 Å². The van der Waals surface area contributed by atoms with Crippen molar-refractivity contribution in [3.63, 3.8) is 0 Å². The van der Waals surface area contributed by atoms with Crippen molar-refractivity contribution < 1.29 is 4.74 Å². The van der Waals surface area contributed by atoms with Crippen LogP contribution in [-0.2, 0) is 11.3 Å².